The molecule has 27 heavy (non-hydrogen) atoms. The van der Waals surface area contributed by atoms with E-state index in [1.165, 1.54) is 0 Å². The monoisotopic (exact) mass is 372 g/mol. The number of rotatable bonds is 9. The van der Waals surface area contributed by atoms with Crippen molar-refractivity contribution in [1.29, 1.82) is 0 Å². The Morgan fingerprint density at radius 2 is 1.52 bits per heavy atom. The molecule has 6 heteroatoms. The van der Waals surface area contributed by atoms with Crippen LogP contribution in [0.25, 0.3) is 0 Å². The van der Waals surface area contributed by atoms with Crippen molar-refractivity contribution < 1.29 is 19.0 Å². The maximum atomic E-state index is 12.8. The van der Waals surface area contributed by atoms with Crippen LogP contribution in [0.15, 0.2) is 36.4 Å². The Labute approximate surface area is 161 Å². The summed E-state index contributed by atoms with van der Waals surface area (Å²) in [5, 5.41) is 2.93. The van der Waals surface area contributed by atoms with Crippen LogP contribution in [0.2, 0.25) is 0 Å². The third kappa shape index (κ3) is 5.29. The molecule has 0 unspecified atom stereocenters. The fourth-order valence-electron chi connectivity index (χ4n) is 2.58. The van der Waals surface area contributed by atoms with Gasteiger partial charge in [0.15, 0.2) is 11.5 Å². The van der Waals surface area contributed by atoms with E-state index in [4.69, 9.17) is 14.2 Å². The van der Waals surface area contributed by atoms with Gasteiger partial charge in [-0.1, -0.05) is 6.07 Å². The standard InChI is InChI=1S/C21H28N2O4/c1-6-25-18-12-15(13-19(26-7-2)20(18)27-8-3)21(24)22-16-10-9-11-17(14-16)23(4)5/h9-14H,6-8H2,1-5H3,(H,22,24). The van der Waals surface area contributed by atoms with Gasteiger partial charge in [0.2, 0.25) is 5.75 Å². The van der Waals surface area contributed by atoms with Gasteiger partial charge in [0.05, 0.1) is 19.8 Å². The number of hydrogen-bond acceptors (Lipinski definition) is 5. The van der Waals surface area contributed by atoms with Gasteiger partial charge in [-0.3, -0.25) is 4.79 Å². The van der Waals surface area contributed by atoms with Crippen LogP contribution in [-0.2, 0) is 0 Å². The van der Waals surface area contributed by atoms with Gasteiger partial charge in [-0.25, -0.2) is 0 Å². The van der Waals surface area contributed by atoms with Gasteiger partial charge in [0.25, 0.3) is 5.91 Å². The number of benzene rings is 2. The van der Waals surface area contributed by atoms with E-state index in [0.717, 1.165) is 11.4 Å². The second-order valence-corrected chi connectivity index (χ2v) is 6.00. The summed E-state index contributed by atoms with van der Waals surface area (Å²) in [5.41, 5.74) is 2.17. The first kappa shape index (κ1) is 20.4. The molecule has 0 bridgehead atoms. The summed E-state index contributed by atoms with van der Waals surface area (Å²) >= 11 is 0. The fourth-order valence-corrected chi connectivity index (χ4v) is 2.58. The predicted molar refractivity (Wildman–Crippen MR) is 109 cm³/mol. The molecule has 0 saturated carbocycles. The van der Waals surface area contributed by atoms with Crippen molar-refractivity contribution in [2.24, 2.45) is 0 Å². The number of nitrogens with one attached hydrogen (secondary N) is 1. The summed E-state index contributed by atoms with van der Waals surface area (Å²) in [5.74, 6) is 1.28. The number of anilines is 2. The molecule has 0 spiro atoms. The fraction of sp³-hybridized carbons (Fsp3) is 0.381. The van der Waals surface area contributed by atoms with Gasteiger partial charge in [-0.2, -0.15) is 0 Å². The minimum absolute atomic E-state index is 0.240. The van der Waals surface area contributed by atoms with Crippen LogP contribution < -0.4 is 24.4 Å². The highest BCUT2D eigenvalue weighted by Crippen LogP contribution is 2.39. The van der Waals surface area contributed by atoms with Crippen LogP contribution in [0.5, 0.6) is 17.2 Å². The Hall–Kier alpha value is -2.89. The van der Waals surface area contributed by atoms with Crippen molar-refractivity contribution in [2.75, 3.05) is 44.1 Å². The van der Waals surface area contributed by atoms with Crippen LogP contribution in [0.4, 0.5) is 11.4 Å². The molecule has 2 rings (SSSR count). The number of nitrogens with zero attached hydrogens (tertiary/aromatic N) is 1. The summed E-state index contributed by atoms with van der Waals surface area (Å²) in [6.45, 7) is 7.06. The van der Waals surface area contributed by atoms with Crippen molar-refractivity contribution in [3.63, 3.8) is 0 Å². The lowest BCUT2D eigenvalue weighted by molar-refractivity contribution is 0.102. The number of amides is 1. The predicted octanol–water partition coefficient (Wildman–Crippen LogP) is 4.20. The average molecular weight is 372 g/mol. The summed E-state index contributed by atoms with van der Waals surface area (Å²) in [7, 11) is 3.91. The van der Waals surface area contributed by atoms with Crippen molar-refractivity contribution >= 4 is 17.3 Å². The van der Waals surface area contributed by atoms with Gasteiger partial charge in [-0.05, 0) is 51.1 Å². The zero-order chi connectivity index (χ0) is 19.8. The normalized spacial score (nSPS) is 10.3. The van der Waals surface area contributed by atoms with E-state index in [1.54, 1.807) is 12.1 Å². The molecule has 0 atom stereocenters. The first-order valence-corrected chi connectivity index (χ1v) is 9.15. The molecule has 0 aliphatic carbocycles. The summed E-state index contributed by atoms with van der Waals surface area (Å²) < 4.78 is 17.0. The topological polar surface area (TPSA) is 60.0 Å². The van der Waals surface area contributed by atoms with Gasteiger partial charge in [-0.15, -0.1) is 0 Å². The lowest BCUT2D eigenvalue weighted by Crippen LogP contribution is -2.14. The van der Waals surface area contributed by atoms with Crippen molar-refractivity contribution in [2.45, 2.75) is 20.8 Å². The number of carbonyl (C=O) groups excluding carboxylic acids is 1. The molecule has 2 aromatic carbocycles. The zero-order valence-corrected chi connectivity index (χ0v) is 16.7. The zero-order valence-electron chi connectivity index (χ0n) is 16.7. The Morgan fingerprint density at radius 1 is 0.926 bits per heavy atom. The first-order chi connectivity index (χ1) is 13.0. The molecule has 6 nitrogen and oxygen atoms in total. The molecular weight excluding hydrogens is 344 g/mol. The summed E-state index contributed by atoms with van der Waals surface area (Å²) in [6.07, 6.45) is 0. The van der Waals surface area contributed by atoms with Crippen molar-refractivity contribution in [3.8, 4) is 17.2 Å². The molecule has 0 heterocycles. The second-order valence-electron chi connectivity index (χ2n) is 6.00. The molecule has 0 saturated heterocycles. The molecule has 0 fully saturated rings. The van der Waals surface area contributed by atoms with Crippen molar-refractivity contribution in [3.05, 3.63) is 42.0 Å². The van der Waals surface area contributed by atoms with E-state index in [-0.39, 0.29) is 5.91 Å². The van der Waals surface area contributed by atoms with E-state index in [9.17, 15) is 4.79 Å². The smallest absolute Gasteiger partial charge is 0.255 e. The van der Waals surface area contributed by atoms with E-state index in [0.29, 0.717) is 42.6 Å². The Balaban J connectivity index is 2.35. The molecular formula is C21H28N2O4. The van der Waals surface area contributed by atoms with Gasteiger partial charge in [0, 0.05) is 31.0 Å². The lowest BCUT2D eigenvalue weighted by Gasteiger charge is -2.17. The highest BCUT2D eigenvalue weighted by molar-refractivity contribution is 6.05. The molecule has 0 radical (unpaired) electrons. The van der Waals surface area contributed by atoms with Crippen LogP contribution in [-0.4, -0.2) is 39.8 Å². The molecule has 0 aliphatic heterocycles. The Morgan fingerprint density at radius 3 is 2.04 bits per heavy atom. The van der Waals surface area contributed by atoms with E-state index < -0.39 is 0 Å². The van der Waals surface area contributed by atoms with Crippen LogP contribution in [0.1, 0.15) is 31.1 Å². The molecule has 146 valence electrons. The van der Waals surface area contributed by atoms with Crippen LogP contribution in [0, 0.1) is 0 Å². The average Bonchev–Trinajstić information content (AvgIpc) is 2.64. The van der Waals surface area contributed by atoms with E-state index in [2.05, 4.69) is 5.32 Å². The number of ether oxygens (including phenoxy) is 3. The maximum Gasteiger partial charge on any atom is 0.255 e. The third-order valence-corrected chi connectivity index (χ3v) is 3.79. The Bertz CT molecular complexity index is 748. The number of carbonyl (C=O) groups is 1. The highest BCUT2D eigenvalue weighted by Gasteiger charge is 2.18. The molecule has 2 aromatic rings. The van der Waals surface area contributed by atoms with E-state index in [1.807, 2.05) is 64.0 Å². The number of hydrogen-bond donors (Lipinski definition) is 1. The minimum Gasteiger partial charge on any atom is -0.490 e. The second kappa shape index (κ2) is 9.71. The highest BCUT2D eigenvalue weighted by atomic mass is 16.5. The molecule has 1 amide bonds. The summed E-state index contributed by atoms with van der Waals surface area (Å²) in [6, 6.07) is 11.0. The van der Waals surface area contributed by atoms with Crippen LogP contribution >= 0.6 is 0 Å². The lowest BCUT2D eigenvalue weighted by atomic mass is 10.1. The van der Waals surface area contributed by atoms with Gasteiger partial charge >= 0.3 is 0 Å². The van der Waals surface area contributed by atoms with E-state index >= 15 is 0 Å². The maximum absolute atomic E-state index is 12.8. The largest absolute Gasteiger partial charge is 0.490 e. The van der Waals surface area contributed by atoms with Gasteiger partial charge < -0.3 is 24.4 Å². The quantitative estimate of drug-likeness (QED) is 0.715. The minimum atomic E-state index is -0.240. The van der Waals surface area contributed by atoms with Crippen molar-refractivity contribution in [1.82, 2.24) is 0 Å². The van der Waals surface area contributed by atoms with Gasteiger partial charge in [0.1, 0.15) is 0 Å². The first-order valence-electron chi connectivity index (χ1n) is 9.15. The molecule has 0 aromatic heterocycles. The summed E-state index contributed by atoms with van der Waals surface area (Å²) in [4.78, 5) is 14.8. The molecule has 1 N–H and O–H groups in total. The molecule has 0 aliphatic rings. The Kier molecular flexibility index (Phi) is 7.34. The van der Waals surface area contributed by atoms with Crippen LogP contribution in [0.3, 0.4) is 0 Å². The SMILES string of the molecule is CCOc1cc(C(=O)Nc2cccc(N(C)C)c2)cc(OCC)c1OCC. The third-order valence-electron chi connectivity index (χ3n) is 3.79.